The molecule has 0 fully saturated rings. The highest BCUT2D eigenvalue weighted by Crippen LogP contribution is 2.06. The van der Waals surface area contributed by atoms with Gasteiger partial charge in [-0.1, -0.05) is 13.8 Å². The Labute approximate surface area is 74.9 Å². The molecule has 0 aromatic rings. The lowest BCUT2D eigenvalue weighted by atomic mass is 10.0. The van der Waals surface area contributed by atoms with Gasteiger partial charge < -0.3 is 5.11 Å². The fourth-order valence-corrected chi connectivity index (χ4v) is 0.974. The van der Waals surface area contributed by atoms with Crippen LogP contribution < -0.4 is 5.32 Å². The number of aliphatic hydroxyl groups is 1. The Kier molecular flexibility index (Phi) is 5.93. The summed E-state index contributed by atoms with van der Waals surface area (Å²) in [5, 5.41) is 12.0. The molecule has 0 aromatic carbocycles. The molecule has 2 atom stereocenters. The van der Waals surface area contributed by atoms with Crippen LogP contribution in [0, 0.1) is 5.92 Å². The molecule has 0 spiro atoms. The summed E-state index contributed by atoms with van der Waals surface area (Å²) in [5.74, 6) is 0.711. The second-order valence-corrected chi connectivity index (χ2v) is 3.60. The van der Waals surface area contributed by atoms with E-state index in [1.165, 1.54) is 0 Å². The standard InChI is InChI=1S/C9H20N2O/c1-7(2)5-6-8(3)11-9(12)10-4/h7-9,11-12H,4-6H2,1-3H3. The lowest BCUT2D eigenvalue weighted by Crippen LogP contribution is -2.35. The number of aliphatic hydroxyl groups excluding tert-OH is 1. The maximum Gasteiger partial charge on any atom is 0.201 e. The van der Waals surface area contributed by atoms with Crippen LogP contribution >= 0.6 is 0 Å². The molecule has 0 aliphatic carbocycles. The molecule has 0 saturated heterocycles. The first-order chi connectivity index (χ1) is 5.56. The van der Waals surface area contributed by atoms with Crippen LogP contribution in [-0.2, 0) is 0 Å². The average Bonchev–Trinajstić information content (AvgIpc) is 2.00. The zero-order chi connectivity index (χ0) is 9.56. The highest BCUT2D eigenvalue weighted by molar-refractivity contribution is 5.23. The summed E-state index contributed by atoms with van der Waals surface area (Å²) in [6.07, 6.45) is 1.41. The average molecular weight is 172 g/mol. The topological polar surface area (TPSA) is 44.6 Å². The summed E-state index contributed by atoms with van der Waals surface area (Å²) in [5.41, 5.74) is 0. The lowest BCUT2D eigenvalue weighted by molar-refractivity contribution is 0.132. The fraction of sp³-hybridized carbons (Fsp3) is 0.889. The molecule has 0 saturated carbocycles. The smallest absolute Gasteiger partial charge is 0.201 e. The number of nitrogens with one attached hydrogen (secondary N) is 1. The van der Waals surface area contributed by atoms with E-state index >= 15 is 0 Å². The molecule has 0 rings (SSSR count). The molecule has 0 aliphatic rings. The van der Waals surface area contributed by atoms with Crippen molar-refractivity contribution >= 4 is 6.72 Å². The van der Waals surface area contributed by atoms with Gasteiger partial charge in [0.25, 0.3) is 0 Å². The highest BCUT2D eigenvalue weighted by atomic mass is 16.3. The predicted octanol–water partition coefficient (Wildman–Crippen LogP) is 1.38. The third-order valence-corrected chi connectivity index (χ3v) is 1.78. The highest BCUT2D eigenvalue weighted by Gasteiger charge is 2.06. The predicted molar refractivity (Wildman–Crippen MR) is 52.2 cm³/mol. The second kappa shape index (κ2) is 6.14. The van der Waals surface area contributed by atoms with Crippen molar-refractivity contribution in [1.82, 2.24) is 5.32 Å². The summed E-state index contributed by atoms with van der Waals surface area (Å²) >= 11 is 0. The zero-order valence-electron chi connectivity index (χ0n) is 8.25. The quantitative estimate of drug-likeness (QED) is 0.469. The molecule has 3 heteroatoms. The third-order valence-electron chi connectivity index (χ3n) is 1.78. The van der Waals surface area contributed by atoms with Gasteiger partial charge in [0.15, 0.2) is 0 Å². The summed E-state index contributed by atoms with van der Waals surface area (Å²) in [7, 11) is 0. The van der Waals surface area contributed by atoms with Crippen molar-refractivity contribution in [2.24, 2.45) is 10.9 Å². The van der Waals surface area contributed by atoms with Crippen LogP contribution in [0.3, 0.4) is 0 Å². The van der Waals surface area contributed by atoms with E-state index in [1.807, 2.05) is 6.92 Å². The normalized spacial score (nSPS) is 16.1. The lowest BCUT2D eigenvalue weighted by Gasteiger charge is -2.16. The summed E-state index contributed by atoms with van der Waals surface area (Å²) in [4.78, 5) is 3.45. The van der Waals surface area contributed by atoms with Crippen molar-refractivity contribution < 1.29 is 5.11 Å². The third kappa shape index (κ3) is 6.31. The second-order valence-electron chi connectivity index (χ2n) is 3.60. The van der Waals surface area contributed by atoms with E-state index in [9.17, 15) is 0 Å². The monoisotopic (exact) mass is 172 g/mol. The molecule has 2 N–H and O–H groups in total. The van der Waals surface area contributed by atoms with Gasteiger partial charge in [-0.3, -0.25) is 10.3 Å². The van der Waals surface area contributed by atoms with E-state index in [0.29, 0.717) is 12.0 Å². The minimum atomic E-state index is -0.813. The van der Waals surface area contributed by atoms with Crippen molar-refractivity contribution in [3.05, 3.63) is 0 Å². The first kappa shape index (κ1) is 11.6. The molecular weight excluding hydrogens is 152 g/mol. The number of rotatable bonds is 6. The molecule has 72 valence electrons. The Morgan fingerprint density at radius 2 is 1.92 bits per heavy atom. The molecule has 0 amide bonds. The van der Waals surface area contributed by atoms with Crippen molar-refractivity contribution in [2.45, 2.75) is 46.0 Å². The number of hydrogen-bond acceptors (Lipinski definition) is 3. The molecule has 3 nitrogen and oxygen atoms in total. The van der Waals surface area contributed by atoms with Gasteiger partial charge in [-0.2, -0.15) is 0 Å². The Bertz CT molecular complexity index is 126. The number of hydrogen-bond donors (Lipinski definition) is 2. The Balaban J connectivity index is 3.45. The first-order valence-corrected chi connectivity index (χ1v) is 4.46. The number of aliphatic imine (C=N–C) groups is 1. The first-order valence-electron chi connectivity index (χ1n) is 4.46. The Hall–Kier alpha value is -0.410. The largest absolute Gasteiger partial charge is 0.360 e. The van der Waals surface area contributed by atoms with Crippen LogP contribution in [-0.4, -0.2) is 24.2 Å². The van der Waals surface area contributed by atoms with E-state index in [-0.39, 0.29) is 0 Å². The minimum Gasteiger partial charge on any atom is -0.360 e. The maximum absolute atomic E-state index is 9.05. The summed E-state index contributed by atoms with van der Waals surface area (Å²) in [6.45, 7) is 9.66. The van der Waals surface area contributed by atoms with Gasteiger partial charge in [0.2, 0.25) is 6.35 Å². The van der Waals surface area contributed by atoms with Crippen molar-refractivity contribution in [1.29, 1.82) is 0 Å². The van der Waals surface area contributed by atoms with Crippen LogP contribution in [0.15, 0.2) is 4.99 Å². The van der Waals surface area contributed by atoms with Crippen LogP contribution in [0.1, 0.15) is 33.6 Å². The molecule has 0 radical (unpaired) electrons. The van der Waals surface area contributed by atoms with Gasteiger partial charge in [0, 0.05) is 6.04 Å². The van der Waals surface area contributed by atoms with Gasteiger partial charge in [0.05, 0.1) is 0 Å². The molecule has 0 bridgehead atoms. The zero-order valence-corrected chi connectivity index (χ0v) is 8.25. The number of nitrogens with zero attached hydrogens (tertiary/aromatic N) is 1. The van der Waals surface area contributed by atoms with E-state index in [0.717, 1.165) is 12.8 Å². The molecule has 0 heterocycles. The molecule has 0 aromatic heterocycles. The van der Waals surface area contributed by atoms with E-state index in [2.05, 4.69) is 30.9 Å². The van der Waals surface area contributed by atoms with Crippen molar-refractivity contribution in [3.63, 3.8) is 0 Å². The van der Waals surface area contributed by atoms with Gasteiger partial charge in [-0.25, -0.2) is 0 Å². The molecule has 0 aliphatic heterocycles. The SMILES string of the molecule is C=NC(O)NC(C)CCC(C)C. The minimum absolute atomic E-state index is 0.299. The van der Waals surface area contributed by atoms with Gasteiger partial charge in [-0.15, -0.1) is 0 Å². The Morgan fingerprint density at radius 1 is 1.33 bits per heavy atom. The van der Waals surface area contributed by atoms with Crippen LogP contribution in [0.25, 0.3) is 0 Å². The van der Waals surface area contributed by atoms with Crippen LogP contribution in [0.5, 0.6) is 0 Å². The van der Waals surface area contributed by atoms with Crippen LogP contribution in [0.4, 0.5) is 0 Å². The van der Waals surface area contributed by atoms with Crippen molar-refractivity contribution in [2.75, 3.05) is 0 Å². The van der Waals surface area contributed by atoms with Crippen LogP contribution in [0.2, 0.25) is 0 Å². The van der Waals surface area contributed by atoms with E-state index < -0.39 is 6.35 Å². The summed E-state index contributed by atoms with van der Waals surface area (Å²) < 4.78 is 0. The molecule has 12 heavy (non-hydrogen) atoms. The Morgan fingerprint density at radius 3 is 2.33 bits per heavy atom. The van der Waals surface area contributed by atoms with Crippen molar-refractivity contribution in [3.8, 4) is 0 Å². The van der Waals surface area contributed by atoms with Gasteiger partial charge >= 0.3 is 0 Å². The summed E-state index contributed by atoms with van der Waals surface area (Å²) in [6, 6.07) is 0.299. The fourth-order valence-electron chi connectivity index (χ4n) is 0.974. The molecular formula is C9H20N2O. The molecule has 2 unspecified atom stereocenters. The van der Waals surface area contributed by atoms with E-state index in [4.69, 9.17) is 5.11 Å². The van der Waals surface area contributed by atoms with Gasteiger partial charge in [0.1, 0.15) is 0 Å². The van der Waals surface area contributed by atoms with Gasteiger partial charge in [-0.05, 0) is 32.4 Å². The van der Waals surface area contributed by atoms with E-state index in [1.54, 1.807) is 0 Å². The maximum atomic E-state index is 9.05.